The number of anilines is 1. The Hall–Kier alpha value is -1.46. The van der Waals surface area contributed by atoms with Gasteiger partial charge >= 0.3 is 0 Å². The van der Waals surface area contributed by atoms with Gasteiger partial charge in [-0.25, -0.2) is 0 Å². The molecule has 1 saturated heterocycles. The van der Waals surface area contributed by atoms with Crippen LogP contribution in [0.2, 0.25) is 0 Å². The zero-order valence-electron chi connectivity index (χ0n) is 11.6. The highest BCUT2D eigenvalue weighted by atomic mass is 16.7. The Kier molecular flexibility index (Phi) is 5.30. The predicted molar refractivity (Wildman–Crippen MR) is 75.2 cm³/mol. The molecule has 1 heterocycles. The molecule has 0 saturated carbocycles. The molecule has 5 heteroatoms. The number of ether oxygens (including phenoxy) is 3. The van der Waals surface area contributed by atoms with E-state index in [1.165, 1.54) is 0 Å². The van der Waals surface area contributed by atoms with Gasteiger partial charge in [-0.05, 0) is 19.1 Å². The van der Waals surface area contributed by atoms with E-state index in [4.69, 9.17) is 14.2 Å². The molecule has 0 radical (unpaired) electrons. The molecule has 0 aromatic heterocycles. The van der Waals surface area contributed by atoms with E-state index in [0.717, 1.165) is 43.4 Å². The van der Waals surface area contributed by atoms with Crippen LogP contribution in [0.25, 0.3) is 0 Å². The smallest absolute Gasteiger partial charge is 0.189 e. The Balaban J connectivity index is 2.15. The van der Waals surface area contributed by atoms with Crippen molar-refractivity contribution in [2.45, 2.75) is 6.92 Å². The van der Waals surface area contributed by atoms with Crippen molar-refractivity contribution in [1.29, 1.82) is 0 Å². The van der Waals surface area contributed by atoms with Gasteiger partial charge in [-0.2, -0.15) is 0 Å². The van der Waals surface area contributed by atoms with E-state index in [-0.39, 0.29) is 6.79 Å². The van der Waals surface area contributed by atoms with Crippen molar-refractivity contribution in [1.82, 2.24) is 5.32 Å². The molecule has 0 amide bonds. The van der Waals surface area contributed by atoms with Crippen molar-refractivity contribution < 1.29 is 14.2 Å². The molecular formula is C14H22N2O3. The monoisotopic (exact) mass is 266 g/mol. The SMILES string of the molecule is CCOCOc1ccc(OC)cc1N1CCNCC1. The van der Waals surface area contributed by atoms with Crippen LogP contribution in [0, 0.1) is 0 Å². The molecule has 0 atom stereocenters. The van der Waals surface area contributed by atoms with Gasteiger partial charge in [-0.15, -0.1) is 0 Å². The second-order valence-electron chi connectivity index (χ2n) is 4.33. The van der Waals surface area contributed by atoms with E-state index >= 15 is 0 Å². The summed E-state index contributed by atoms with van der Waals surface area (Å²) in [7, 11) is 1.68. The molecule has 0 aliphatic carbocycles. The van der Waals surface area contributed by atoms with Gasteiger partial charge in [0.2, 0.25) is 0 Å². The highest BCUT2D eigenvalue weighted by molar-refractivity contribution is 5.62. The highest BCUT2D eigenvalue weighted by Crippen LogP contribution is 2.32. The first-order valence-electron chi connectivity index (χ1n) is 6.69. The van der Waals surface area contributed by atoms with Crippen LogP contribution in [0.3, 0.4) is 0 Å². The molecule has 106 valence electrons. The molecule has 1 fully saturated rings. The summed E-state index contributed by atoms with van der Waals surface area (Å²) >= 11 is 0. The second kappa shape index (κ2) is 7.21. The van der Waals surface area contributed by atoms with Gasteiger partial charge in [0.05, 0.1) is 12.8 Å². The number of rotatable bonds is 6. The zero-order valence-corrected chi connectivity index (χ0v) is 11.6. The van der Waals surface area contributed by atoms with Crippen LogP contribution < -0.4 is 19.7 Å². The Bertz CT molecular complexity index is 392. The summed E-state index contributed by atoms with van der Waals surface area (Å²) < 4.78 is 16.2. The van der Waals surface area contributed by atoms with Crippen LogP contribution in [0.15, 0.2) is 18.2 Å². The first-order valence-corrected chi connectivity index (χ1v) is 6.69. The van der Waals surface area contributed by atoms with E-state index in [9.17, 15) is 0 Å². The van der Waals surface area contributed by atoms with E-state index in [1.807, 2.05) is 25.1 Å². The van der Waals surface area contributed by atoms with E-state index in [2.05, 4.69) is 10.2 Å². The van der Waals surface area contributed by atoms with Crippen LogP contribution >= 0.6 is 0 Å². The summed E-state index contributed by atoms with van der Waals surface area (Å²) in [6, 6.07) is 5.87. The number of nitrogens with zero attached hydrogens (tertiary/aromatic N) is 1. The first-order chi connectivity index (χ1) is 9.35. The third kappa shape index (κ3) is 3.75. The van der Waals surface area contributed by atoms with Gasteiger partial charge in [-0.3, -0.25) is 0 Å². The van der Waals surface area contributed by atoms with E-state index in [0.29, 0.717) is 6.61 Å². The number of piperazine rings is 1. The van der Waals surface area contributed by atoms with E-state index in [1.54, 1.807) is 7.11 Å². The summed E-state index contributed by atoms with van der Waals surface area (Å²) in [4.78, 5) is 2.31. The average molecular weight is 266 g/mol. The van der Waals surface area contributed by atoms with Crippen LogP contribution in [0.1, 0.15) is 6.92 Å². The Labute approximate surface area is 114 Å². The molecule has 5 nitrogen and oxygen atoms in total. The number of nitrogens with one attached hydrogen (secondary N) is 1. The normalized spacial score (nSPS) is 15.4. The maximum Gasteiger partial charge on any atom is 0.189 e. The molecule has 1 aromatic rings. The second-order valence-corrected chi connectivity index (χ2v) is 4.33. The number of hydrogen-bond acceptors (Lipinski definition) is 5. The summed E-state index contributed by atoms with van der Waals surface area (Å²) in [5.74, 6) is 1.69. The molecule has 1 aromatic carbocycles. The predicted octanol–water partition coefficient (Wildman–Crippen LogP) is 1.48. The van der Waals surface area contributed by atoms with Gasteiger partial charge in [-0.1, -0.05) is 0 Å². The Morgan fingerprint density at radius 2 is 2.05 bits per heavy atom. The van der Waals surface area contributed by atoms with Crippen molar-refractivity contribution in [2.24, 2.45) is 0 Å². The lowest BCUT2D eigenvalue weighted by atomic mass is 10.2. The van der Waals surface area contributed by atoms with Crippen molar-refractivity contribution in [3.8, 4) is 11.5 Å². The third-order valence-corrected chi connectivity index (χ3v) is 3.13. The summed E-state index contributed by atoms with van der Waals surface area (Å²) in [6.45, 7) is 6.80. The molecule has 0 unspecified atom stereocenters. The molecule has 1 aliphatic heterocycles. The third-order valence-electron chi connectivity index (χ3n) is 3.13. The lowest BCUT2D eigenvalue weighted by Gasteiger charge is -2.31. The molecule has 2 rings (SSSR count). The lowest BCUT2D eigenvalue weighted by Crippen LogP contribution is -2.43. The average Bonchev–Trinajstić information content (AvgIpc) is 2.48. The molecular weight excluding hydrogens is 244 g/mol. The van der Waals surface area contributed by atoms with Gasteiger partial charge in [0, 0.05) is 38.9 Å². The van der Waals surface area contributed by atoms with Crippen LogP contribution in [0.5, 0.6) is 11.5 Å². The molecule has 0 spiro atoms. The largest absolute Gasteiger partial charge is 0.497 e. The van der Waals surface area contributed by atoms with Crippen LogP contribution in [-0.2, 0) is 4.74 Å². The Morgan fingerprint density at radius 1 is 1.26 bits per heavy atom. The minimum absolute atomic E-state index is 0.280. The molecule has 1 N–H and O–H groups in total. The molecule has 1 aliphatic rings. The quantitative estimate of drug-likeness (QED) is 0.624. The lowest BCUT2D eigenvalue weighted by molar-refractivity contribution is 0.0226. The molecule has 19 heavy (non-hydrogen) atoms. The fourth-order valence-electron chi connectivity index (χ4n) is 2.09. The summed E-state index contributed by atoms with van der Waals surface area (Å²) in [5, 5.41) is 3.35. The van der Waals surface area contributed by atoms with Crippen molar-refractivity contribution >= 4 is 5.69 Å². The Morgan fingerprint density at radius 3 is 2.74 bits per heavy atom. The fraction of sp³-hybridized carbons (Fsp3) is 0.571. The minimum Gasteiger partial charge on any atom is -0.497 e. The van der Waals surface area contributed by atoms with Gasteiger partial charge in [0.1, 0.15) is 11.5 Å². The van der Waals surface area contributed by atoms with E-state index < -0.39 is 0 Å². The van der Waals surface area contributed by atoms with Crippen molar-refractivity contribution in [3.05, 3.63) is 18.2 Å². The molecule has 0 bridgehead atoms. The number of hydrogen-bond donors (Lipinski definition) is 1. The van der Waals surface area contributed by atoms with Crippen molar-refractivity contribution in [3.63, 3.8) is 0 Å². The first kappa shape index (κ1) is 14.0. The number of methoxy groups -OCH3 is 1. The highest BCUT2D eigenvalue weighted by Gasteiger charge is 2.16. The van der Waals surface area contributed by atoms with Crippen LogP contribution in [-0.4, -0.2) is 46.7 Å². The zero-order chi connectivity index (χ0) is 13.5. The summed E-state index contributed by atoms with van der Waals surface area (Å²) in [6.07, 6.45) is 0. The maximum atomic E-state index is 5.69. The topological polar surface area (TPSA) is 43.0 Å². The standard InChI is InChI=1S/C14H22N2O3/c1-3-18-11-19-14-5-4-12(17-2)10-13(14)16-8-6-15-7-9-16/h4-5,10,15H,3,6-9,11H2,1-2H3. The van der Waals surface area contributed by atoms with Gasteiger partial charge in [0.25, 0.3) is 0 Å². The summed E-state index contributed by atoms with van der Waals surface area (Å²) in [5.41, 5.74) is 1.07. The van der Waals surface area contributed by atoms with Gasteiger partial charge in [0.15, 0.2) is 6.79 Å². The fourth-order valence-corrected chi connectivity index (χ4v) is 2.09. The van der Waals surface area contributed by atoms with Gasteiger partial charge < -0.3 is 24.4 Å². The number of benzene rings is 1. The maximum absolute atomic E-state index is 5.69. The minimum atomic E-state index is 0.280. The van der Waals surface area contributed by atoms with Crippen LogP contribution in [0.4, 0.5) is 5.69 Å². The van der Waals surface area contributed by atoms with Crippen molar-refractivity contribution in [2.75, 3.05) is 51.6 Å².